The van der Waals surface area contributed by atoms with Crippen LogP contribution in [0.15, 0.2) is 29.3 Å². The Morgan fingerprint density at radius 2 is 2.12 bits per heavy atom. The number of hydrogen-bond donors (Lipinski definition) is 0. The topological polar surface area (TPSA) is 38.7 Å². The summed E-state index contributed by atoms with van der Waals surface area (Å²) in [6.45, 7) is 0. The van der Waals surface area contributed by atoms with Crippen LogP contribution in [0.1, 0.15) is 31.2 Å². The van der Waals surface area contributed by atoms with Gasteiger partial charge in [-0.2, -0.15) is 4.99 Å². The van der Waals surface area contributed by atoms with E-state index in [0.717, 1.165) is 37.0 Å². The van der Waals surface area contributed by atoms with Crippen molar-refractivity contribution in [3.63, 3.8) is 0 Å². The van der Waals surface area contributed by atoms with Crippen molar-refractivity contribution < 1.29 is 9.53 Å². The van der Waals surface area contributed by atoms with Gasteiger partial charge in [-0.15, -0.1) is 0 Å². The lowest BCUT2D eigenvalue weighted by atomic mass is 9.89. The van der Waals surface area contributed by atoms with Crippen molar-refractivity contribution >= 4 is 6.08 Å². The normalized spacial score (nSPS) is 17.8. The maximum absolute atomic E-state index is 10.6. The zero-order valence-electron chi connectivity index (χ0n) is 9.40. The molecule has 0 saturated heterocycles. The van der Waals surface area contributed by atoms with Gasteiger partial charge < -0.3 is 4.74 Å². The Kier molecular flexibility index (Phi) is 3.07. The molecule has 1 aromatic carbocycles. The zero-order valence-corrected chi connectivity index (χ0v) is 9.40. The first-order valence-electron chi connectivity index (χ1n) is 5.54. The quantitative estimate of drug-likeness (QED) is 0.576. The van der Waals surface area contributed by atoms with E-state index in [1.807, 2.05) is 24.3 Å². The molecule has 0 unspecified atom stereocenters. The van der Waals surface area contributed by atoms with E-state index in [1.165, 1.54) is 0 Å². The van der Waals surface area contributed by atoms with Crippen LogP contribution in [0.5, 0.6) is 5.75 Å². The molecule has 0 radical (unpaired) electrons. The van der Waals surface area contributed by atoms with Crippen molar-refractivity contribution in [1.29, 1.82) is 0 Å². The third kappa shape index (κ3) is 1.86. The van der Waals surface area contributed by atoms with E-state index in [2.05, 4.69) is 4.99 Å². The summed E-state index contributed by atoms with van der Waals surface area (Å²) in [7, 11) is 1.64. The minimum absolute atomic E-state index is 0.351. The van der Waals surface area contributed by atoms with Crippen LogP contribution in [0.4, 0.5) is 0 Å². The fraction of sp³-hybridized carbons (Fsp3) is 0.462. The largest absolute Gasteiger partial charge is 0.497 e. The summed E-state index contributed by atoms with van der Waals surface area (Å²) in [5, 5.41) is 0. The molecular weight excluding hydrogens is 202 g/mol. The lowest BCUT2D eigenvalue weighted by Crippen LogP contribution is -2.18. The van der Waals surface area contributed by atoms with Gasteiger partial charge in [0, 0.05) is 0 Å². The minimum atomic E-state index is -0.351. The maximum atomic E-state index is 10.6. The smallest absolute Gasteiger partial charge is 0.235 e. The SMILES string of the molecule is COc1cccc(C2(N=C=O)CCCC2)c1. The average molecular weight is 217 g/mol. The molecule has 1 aromatic rings. The molecule has 0 atom stereocenters. The minimum Gasteiger partial charge on any atom is -0.497 e. The zero-order chi connectivity index (χ0) is 11.4. The van der Waals surface area contributed by atoms with Gasteiger partial charge in [0.15, 0.2) is 0 Å². The van der Waals surface area contributed by atoms with Crippen molar-refractivity contribution in [3.8, 4) is 5.75 Å². The fourth-order valence-electron chi connectivity index (χ4n) is 2.42. The number of carbonyl (C=O) groups excluding carboxylic acids is 1. The summed E-state index contributed by atoms with van der Waals surface area (Å²) in [6.07, 6.45) is 5.80. The Hall–Kier alpha value is -1.60. The van der Waals surface area contributed by atoms with Crippen LogP contribution in [-0.4, -0.2) is 13.2 Å². The monoisotopic (exact) mass is 217 g/mol. The molecule has 0 bridgehead atoms. The molecule has 16 heavy (non-hydrogen) atoms. The van der Waals surface area contributed by atoms with Crippen molar-refractivity contribution in [2.24, 2.45) is 4.99 Å². The van der Waals surface area contributed by atoms with E-state index in [9.17, 15) is 4.79 Å². The second kappa shape index (κ2) is 4.50. The highest BCUT2D eigenvalue weighted by atomic mass is 16.5. The molecule has 1 fully saturated rings. The Bertz CT molecular complexity index is 416. The number of hydrogen-bond acceptors (Lipinski definition) is 3. The van der Waals surface area contributed by atoms with Crippen LogP contribution in [0.3, 0.4) is 0 Å². The van der Waals surface area contributed by atoms with E-state index in [4.69, 9.17) is 4.74 Å². The molecule has 0 heterocycles. The van der Waals surface area contributed by atoms with Gasteiger partial charge in [0.2, 0.25) is 6.08 Å². The van der Waals surface area contributed by atoms with Crippen molar-refractivity contribution in [2.45, 2.75) is 31.2 Å². The van der Waals surface area contributed by atoms with Crippen molar-refractivity contribution in [3.05, 3.63) is 29.8 Å². The van der Waals surface area contributed by atoms with Crippen LogP contribution in [-0.2, 0) is 10.3 Å². The van der Waals surface area contributed by atoms with Gasteiger partial charge in [-0.25, -0.2) is 4.79 Å². The van der Waals surface area contributed by atoms with Crippen LogP contribution >= 0.6 is 0 Å². The second-order valence-corrected chi connectivity index (χ2v) is 4.17. The molecule has 0 aromatic heterocycles. The molecule has 0 aliphatic heterocycles. The number of methoxy groups -OCH3 is 1. The summed E-state index contributed by atoms with van der Waals surface area (Å²) in [4.78, 5) is 14.6. The average Bonchev–Trinajstić information content (AvgIpc) is 2.80. The van der Waals surface area contributed by atoms with Crippen molar-refractivity contribution in [1.82, 2.24) is 0 Å². The molecule has 3 heteroatoms. The van der Waals surface area contributed by atoms with Gasteiger partial charge in [0.05, 0.1) is 12.6 Å². The summed E-state index contributed by atoms with van der Waals surface area (Å²) < 4.78 is 5.20. The summed E-state index contributed by atoms with van der Waals surface area (Å²) in [6, 6.07) is 7.81. The van der Waals surface area contributed by atoms with Crippen LogP contribution in [0, 0.1) is 0 Å². The molecule has 84 valence electrons. The molecule has 1 saturated carbocycles. The third-order valence-corrected chi connectivity index (χ3v) is 3.30. The van der Waals surface area contributed by atoms with E-state index >= 15 is 0 Å². The Balaban J connectivity index is 2.42. The first kappa shape index (κ1) is 10.9. The number of nitrogens with zero attached hydrogens (tertiary/aromatic N) is 1. The highest BCUT2D eigenvalue weighted by molar-refractivity contribution is 5.40. The molecule has 0 spiro atoms. The highest BCUT2D eigenvalue weighted by Gasteiger charge is 2.35. The van der Waals surface area contributed by atoms with Crippen LogP contribution in [0.2, 0.25) is 0 Å². The number of benzene rings is 1. The summed E-state index contributed by atoms with van der Waals surface area (Å²) in [5.41, 5.74) is 0.712. The molecule has 3 nitrogen and oxygen atoms in total. The van der Waals surface area contributed by atoms with Crippen molar-refractivity contribution in [2.75, 3.05) is 7.11 Å². The van der Waals surface area contributed by atoms with E-state index in [-0.39, 0.29) is 5.54 Å². The van der Waals surface area contributed by atoms with Gasteiger partial charge in [-0.05, 0) is 30.5 Å². The molecule has 1 aliphatic rings. The Morgan fingerprint density at radius 3 is 2.75 bits per heavy atom. The molecule has 0 amide bonds. The van der Waals surface area contributed by atoms with Crippen LogP contribution in [0.25, 0.3) is 0 Å². The number of aliphatic imine (C=N–C) groups is 1. The maximum Gasteiger partial charge on any atom is 0.235 e. The standard InChI is InChI=1S/C13H15NO2/c1-16-12-6-4-5-11(9-12)13(14-10-15)7-2-3-8-13/h4-6,9H,2-3,7-8H2,1H3. The number of rotatable bonds is 3. The second-order valence-electron chi connectivity index (χ2n) is 4.17. The number of isocyanates is 1. The Morgan fingerprint density at radius 1 is 1.38 bits per heavy atom. The number of ether oxygens (including phenoxy) is 1. The first-order chi connectivity index (χ1) is 7.80. The first-order valence-corrected chi connectivity index (χ1v) is 5.54. The van der Waals surface area contributed by atoms with Gasteiger partial charge in [-0.3, -0.25) is 0 Å². The van der Waals surface area contributed by atoms with E-state index in [0.29, 0.717) is 0 Å². The van der Waals surface area contributed by atoms with Gasteiger partial charge in [0.25, 0.3) is 0 Å². The van der Waals surface area contributed by atoms with E-state index in [1.54, 1.807) is 13.2 Å². The molecule has 2 rings (SSSR count). The molecular formula is C13H15NO2. The predicted molar refractivity (Wildman–Crippen MR) is 61.3 cm³/mol. The van der Waals surface area contributed by atoms with E-state index < -0.39 is 0 Å². The lowest BCUT2D eigenvalue weighted by Gasteiger charge is -2.23. The fourth-order valence-corrected chi connectivity index (χ4v) is 2.42. The van der Waals surface area contributed by atoms with Gasteiger partial charge in [-0.1, -0.05) is 25.0 Å². The molecule has 0 N–H and O–H groups in total. The summed E-state index contributed by atoms with van der Waals surface area (Å²) in [5.74, 6) is 0.810. The molecule has 1 aliphatic carbocycles. The Labute approximate surface area is 95.2 Å². The highest BCUT2D eigenvalue weighted by Crippen LogP contribution is 2.42. The van der Waals surface area contributed by atoms with Crippen LogP contribution < -0.4 is 4.74 Å². The summed E-state index contributed by atoms with van der Waals surface area (Å²) >= 11 is 0. The third-order valence-electron chi connectivity index (χ3n) is 3.30. The van der Waals surface area contributed by atoms with Gasteiger partial charge in [0.1, 0.15) is 5.75 Å². The predicted octanol–water partition coefficient (Wildman–Crippen LogP) is 2.80. The lowest BCUT2D eigenvalue weighted by molar-refractivity contribution is 0.408. The van der Waals surface area contributed by atoms with Gasteiger partial charge >= 0.3 is 0 Å².